The molecule has 1 aromatic carbocycles. The van der Waals surface area contributed by atoms with Crippen LogP contribution in [0.15, 0.2) is 18.2 Å². The van der Waals surface area contributed by atoms with E-state index in [9.17, 15) is 19.6 Å². The summed E-state index contributed by atoms with van der Waals surface area (Å²) in [6.07, 6.45) is 7.37. The van der Waals surface area contributed by atoms with Gasteiger partial charge in [-0.3, -0.25) is 19.6 Å². The quantitative estimate of drug-likeness (QED) is 0.360. The maximum Gasteiger partial charge on any atom is 0.347 e. The Hall–Kier alpha value is -2.00. The number of anilines is 1. The highest BCUT2D eigenvalue weighted by molar-refractivity contribution is 6.02. The number of imide groups is 1. The van der Waals surface area contributed by atoms with Crippen LogP contribution in [0.3, 0.4) is 0 Å². The second-order valence-electron chi connectivity index (χ2n) is 9.87. The van der Waals surface area contributed by atoms with Crippen molar-refractivity contribution in [2.24, 2.45) is 5.41 Å². The summed E-state index contributed by atoms with van der Waals surface area (Å²) < 4.78 is -1.23. The first kappa shape index (κ1) is 23.2. The van der Waals surface area contributed by atoms with Crippen molar-refractivity contribution in [2.45, 2.75) is 76.0 Å². The second-order valence-corrected chi connectivity index (χ2v) is 9.87. The molecule has 5 rings (SSSR count). The summed E-state index contributed by atoms with van der Waals surface area (Å²) in [5.74, 6) is -1.61. The summed E-state index contributed by atoms with van der Waals surface area (Å²) in [5.41, 5.74) is 2.36. The molecule has 1 saturated heterocycles. The number of nitrogens with zero attached hydrogens (tertiary/aromatic N) is 1. The number of carbonyl (C=O) groups is 3. The van der Waals surface area contributed by atoms with Gasteiger partial charge in [-0.15, -0.1) is 12.4 Å². The number of nitrogens with one attached hydrogen (secondary N) is 3. The SMILES string of the molecule is CNC1CCC2(CC1)CC(Nc1cccc3c1C[N+]([O-])(C1CCC(=O)NC1=O)C3=O)C2.Cl. The van der Waals surface area contributed by atoms with Crippen molar-refractivity contribution in [1.82, 2.24) is 10.6 Å². The van der Waals surface area contributed by atoms with Gasteiger partial charge in [-0.05, 0) is 63.1 Å². The van der Waals surface area contributed by atoms with Crippen LogP contribution in [0.5, 0.6) is 0 Å². The Labute approximate surface area is 194 Å². The smallest absolute Gasteiger partial charge is 0.347 e. The van der Waals surface area contributed by atoms with Crippen molar-refractivity contribution in [1.29, 1.82) is 0 Å². The standard InChI is InChI=1S/C23H30N4O4.ClH/c1-24-14-7-9-23(10-8-14)11-15(12-23)25-18-4-2-3-16-17(18)13-27(31,22(16)30)19-5-6-20(28)26-21(19)29;/h2-4,14-15,19,24-25H,5-13H2,1H3,(H,26,28,29);1H. The summed E-state index contributed by atoms with van der Waals surface area (Å²) in [5, 5.41) is 22.8. The Morgan fingerprint density at radius 1 is 1.09 bits per heavy atom. The molecule has 1 aromatic rings. The van der Waals surface area contributed by atoms with Crippen LogP contribution < -0.4 is 16.0 Å². The predicted molar refractivity (Wildman–Crippen MR) is 122 cm³/mol. The molecule has 2 unspecified atom stereocenters. The minimum atomic E-state index is -1.23. The Kier molecular flexibility index (Phi) is 6.09. The molecule has 2 atom stereocenters. The molecule has 3 fully saturated rings. The molecule has 174 valence electrons. The number of quaternary nitrogens is 1. The molecule has 3 amide bonds. The first-order valence-electron chi connectivity index (χ1n) is 11.4. The van der Waals surface area contributed by atoms with Crippen molar-refractivity contribution < 1.29 is 19.0 Å². The van der Waals surface area contributed by atoms with Crippen molar-refractivity contribution >= 4 is 35.8 Å². The number of benzene rings is 1. The van der Waals surface area contributed by atoms with Crippen molar-refractivity contribution in [3.05, 3.63) is 34.5 Å². The minimum absolute atomic E-state index is 0. The fourth-order valence-electron chi connectivity index (χ4n) is 6.17. The Balaban J connectivity index is 0.00000245. The van der Waals surface area contributed by atoms with E-state index in [0.717, 1.165) is 18.5 Å². The maximum absolute atomic E-state index is 13.6. The zero-order valence-electron chi connectivity index (χ0n) is 18.3. The lowest BCUT2D eigenvalue weighted by molar-refractivity contribution is -0.825. The summed E-state index contributed by atoms with van der Waals surface area (Å²) in [6, 6.07) is 5.31. The fraction of sp³-hybridized carbons (Fsp3) is 0.609. The van der Waals surface area contributed by atoms with Crippen LogP contribution in [0.1, 0.15) is 67.3 Å². The fourth-order valence-corrected chi connectivity index (χ4v) is 6.17. The highest BCUT2D eigenvalue weighted by Crippen LogP contribution is 2.52. The van der Waals surface area contributed by atoms with E-state index >= 15 is 0 Å². The van der Waals surface area contributed by atoms with E-state index in [1.54, 1.807) is 12.1 Å². The molecule has 2 saturated carbocycles. The number of piperidine rings is 1. The van der Waals surface area contributed by atoms with Gasteiger partial charge in [0.2, 0.25) is 5.91 Å². The first-order valence-corrected chi connectivity index (χ1v) is 11.4. The number of hydrogen-bond acceptors (Lipinski definition) is 6. The Bertz CT molecular complexity index is 938. The topological polar surface area (TPSA) is 110 Å². The number of amides is 3. The van der Waals surface area contributed by atoms with E-state index in [4.69, 9.17) is 0 Å². The molecule has 8 nitrogen and oxygen atoms in total. The third kappa shape index (κ3) is 3.73. The van der Waals surface area contributed by atoms with Gasteiger partial charge >= 0.3 is 5.91 Å². The van der Waals surface area contributed by atoms with Gasteiger partial charge in [-0.2, -0.15) is 0 Å². The minimum Gasteiger partial charge on any atom is -0.624 e. The number of fused-ring (bicyclic) bond motifs is 1. The highest BCUT2D eigenvalue weighted by Gasteiger charge is 2.51. The van der Waals surface area contributed by atoms with Gasteiger partial charge < -0.3 is 15.8 Å². The zero-order chi connectivity index (χ0) is 21.8. The Morgan fingerprint density at radius 3 is 2.47 bits per heavy atom. The van der Waals surface area contributed by atoms with E-state index in [1.807, 2.05) is 13.1 Å². The molecule has 32 heavy (non-hydrogen) atoms. The number of hydroxylamine groups is 3. The van der Waals surface area contributed by atoms with Crippen LogP contribution in [0.2, 0.25) is 0 Å². The molecule has 4 aliphatic rings. The van der Waals surface area contributed by atoms with Gasteiger partial charge in [0.1, 0.15) is 6.54 Å². The van der Waals surface area contributed by atoms with Gasteiger partial charge in [0.15, 0.2) is 6.04 Å². The molecule has 0 aromatic heterocycles. The number of rotatable bonds is 4. The van der Waals surface area contributed by atoms with Crippen molar-refractivity contribution in [3.8, 4) is 0 Å². The van der Waals surface area contributed by atoms with Crippen LogP contribution in [0, 0.1) is 10.6 Å². The zero-order valence-corrected chi connectivity index (χ0v) is 19.1. The molecular formula is C23H31ClN4O4. The largest absolute Gasteiger partial charge is 0.624 e. The van der Waals surface area contributed by atoms with E-state index in [-0.39, 0.29) is 37.7 Å². The number of carbonyl (C=O) groups excluding carboxylic acids is 3. The molecule has 0 radical (unpaired) electrons. The second kappa shape index (κ2) is 8.41. The third-order valence-electron chi connectivity index (χ3n) is 8.03. The summed E-state index contributed by atoms with van der Waals surface area (Å²) in [7, 11) is 2.04. The van der Waals surface area contributed by atoms with Crippen LogP contribution >= 0.6 is 12.4 Å². The van der Waals surface area contributed by atoms with Gasteiger partial charge in [0, 0.05) is 36.2 Å². The first-order chi connectivity index (χ1) is 14.8. The number of hydrogen-bond donors (Lipinski definition) is 3. The van der Waals surface area contributed by atoms with Crippen molar-refractivity contribution in [3.63, 3.8) is 0 Å². The van der Waals surface area contributed by atoms with E-state index < -0.39 is 22.5 Å². The molecule has 1 spiro atoms. The number of halogens is 1. The maximum atomic E-state index is 13.6. The Morgan fingerprint density at radius 2 is 1.81 bits per heavy atom. The lowest BCUT2D eigenvalue weighted by Gasteiger charge is -2.52. The van der Waals surface area contributed by atoms with Crippen LogP contribution in [-0.4, -0.2) is 47.5 Å². The van der Waals surface area contributed by atoms with Crippen LogP contribution in [0.25, 0.3) is 0 Å². The normalized spacial score (nSPS) is 36.2. The molecule has 2 heterocycles. The average Bonchev–Trinajstić information content (AvgIpc) is 2.99. The van der Waals surface area contributed by atoms with E-state index in [0.29, 0.717) is 28.6 Å². The molecule has 2 aliphatic heterocycles. The lowest BCUT2D eigenvalue weighted by Crippen LogP contribution is -2.60. The lowest BCUT2D eigenvalue weighted by atomic mass is 9.57. The van der Waals surface area contributed by atoms with Gasteiger partial charge in [0.05, 0.1) is 5.56 Å². The van der Waals surface area contributed by atoms with Crippen molar-refractivity contribution in [2.75, 3.05) is 12.4 Å². The molecule has 0 bridgehead atoms. The van der Waals surface area contributed by atoms with Gasteiger partial charge in [-0.25, -0.2) is 4.79 Å². The van der Waals surface area contributed by atoms with Crippen LogP contribution in [-0.2, 0) is 16.1 Å². The van der Waals surface area contributed by atoms with Gasteiger partial charge in [-0.1, -0.05) is 6.07 Å². The molecule has 3 N–H and O–H groups in total. The summed E-state index contributed by atoms with van der Waals surface area (Å²) >= 11 is 0. The molecular weight excluding hydrogens is 432 g/mol. The summed E-state index contributed by atoms with van der Waals surface area (Å²) in [6.45, 7) is -0.0642. The summed E-state index contributed by atoms with van der Waals surface area (Å²) in [4.78, 5) is 36.8. The monoisotopic (exact) mass is 462 g/mol. The molecule has 9 heteroatoms. The average molecular weight is 463 g/mol. The van der Waals surface area contributed by atoms with Crippen LogP contribution in [0.4, 0.5) is 5.69 Å². The third-order valence-corrected chi connectivity index (χ3v) is 8.03. The predicted octanol–water partition coefficient (Wildman–Crippen LogP) is 2.60. The van der Waals surface area contributed by atoms with E-state index in [1.165, 1.54) is 25.7 Å². The molecule has 2 aliphatic carbocycles. The highest BCUT2D eigenvalue weighted by atomic mass is 35.5. The van der Waals surface area contributed by atoms with E-state index in [2.05, 4.69) is 16.0 Å². The van der Waals surface area contributed by atoms with Gasteiger partial charge in [0.25, 0.3) is 5.91 Å².